The summed E-state index contributed by atoms with van der Waals surface area (Å²) in [5.74, 6) is 1.24. The Balaban J connectivity index is 0. The molecule has 0 heterocycles. The standard InChI is InChI=1S/C8H18N2.CH2O3/c1-5-6-7-9-8(2)10(3)4;2-1(3)4/h5-7H2,1-4H3;(H2,2,3,4). The minimum Gasteiger partial charge on any atom is -0.565 e. The highest BCUT2D eigenvalue weighted by Gasteiger charge is 1.96. The predicted molar refractivity (Wildman–Crippen MR) is 53.7 cm³/mol. The van der Waals surface area contributed by atoms with E-state index < -0.39 is 6.16 Å². The molecule has 2 N–H and O–H groups in total. The van der Waals surface area contributed by atoms with Crippen LogP contribution in [0.5, 0.6) is 0 Å². The molecule has 5 nitrogen and oxygen atoms in total. The quantitative estimate of drug-likeness (QED) is 0.292. The third kappa shape index (κ3) is 17.0. The summed E-state index contributed by atoms with van der Waals surface area (Å²) >= 11 is 0. The van der Waals surface area contributed by atoms with Gasteiger partial charge in [0.05, 0.1) is 20.6 Å². The first-order valence-corrected chi connectivity index (χ1v) is 4.56. The molecule has 5 heteroatoms. The van der Waals surface area contributed by atoms with Gasteiger partial charge >= 0.3 is 0 Å². The molecule has 0 aromatic rings. The largest absolute Gasteiger partial charge is 0.565 e. The van der Waals surface area contributed by atoms with Crippen molar-refractivity contribution >= 4 is 12.0 Å². The van der Waals surface area contributed by atoms with Crippen molar-refractivity contribution in [3.05, 3.63) is 0 Å². The molecule has 0 aliphatic carbocycles. The fourth-order valence-corrected chi connectivity index (χ4v) is 0.604. The van der Waals surface area contributed by atoms with Crippen LogP contribution in [0.15, 0.2) is 0 Å². The van der Waals surface area contributed by atoms with Crippen LogP contribution in [0.1, 0.15) is 26.7 Å². The molecule has 0 amide bonds. The zero-order valence-corrected chi connectivity index (χ0v) is 9.33. The summed E-state index contributed by atoms with van der Waals surface area (Å²) < 4.78 is 2.09. The highest BCUT2D eigenvalue weighted by atomic mass is 16.6. The molecule has 0 aromatic heterocycles. The van der Waals surface area contributed by atoms with Gasteiger partial charge in [0.25, 0.3) is 0 Å². The third-order valence-electron chi connectivity index (χ3n) is 1.58. The van der Waals surface area contributed by atoms with E-state index in [0.717, 1.165) is 6.54 Å². The highest BCUT2D eigenvalue weighted by Crippen LogP contribution is 1.81. The fraction of sp³-hybridized carbons (Fsp3) is 0.778. The molecule has 0 aliphatic heterocycles. The zero-order chi connectivity index (χ0) is 11.6. The average Bonchev–Trinajstić information content (AvgIpc) is 2.03. The van der Waals surface area contributed by atoms with Gasteiger partial charge in [-0.15, -0.1) is 0 Å². The lowest BCUT2D eigenvalue weighted by atomic mass is 10.3. The summed E-state index contributed by atoms with van der Waals surface area (Å²) in [5, 5.41) is 18.6. The monoisotopic (exact) mass is 204 g/mol. The summed E-state index contributed by atoms with van der Waals surface area (Å²) in [7, 11) is 4.10. The Kier molecular flexibility index (Phi) is 10.7. The Hall–Kier alpha value is -1.26. The first-order chi connectivity index (χ1) is 6.41. The van der Waals surface area contributed by atoms with Crippen molar-refractivity contribution < 1.29 is 19.6 Å². The number of nitrogens with one attached hydrogen (secondary N) is 1. The summed E-state index contributed by atoms with van der Waals surface area (Å²) in [4.78, 5) is 8.44. The zero-order valence-electron chi connectivity index (χ0n) is 9.33. The topological polar surface area (TPSA) is 75.4 Å². The number of rotatable bonds is 3. The summed E-state index contributed by atoms with van der Waals surface area (Å²) in [5.41, 5.74) is 0. The van der Waals surface area contributed by atoms with Crippen molar-refractivity contribution in [2.45, 2.75) is 26.7 Å². The molecule has 0 fully saturated rings. The van der Waals surface area contributed by atoms with Gasteiger partial charge in [-0.25, -0.2) is 0 Å². The maximum atomic E-state index is 8.44. The number of carbonyl (C=O) groups is 1. The Morgan fingerprint density at radius 3 is 2.21 bits per heavy atom. The van der Waals surface area contributed by atoms with E-state index in [0.29, 0.717) is 0 Å². The molecule has 14 heavy (non-hydrogen) atoms. The second-order valence-corrected chi connectivity index (χ2v) is 3.03. The Labute approximate surface area is 85.1 Å². The van der Waals surface area contributed by atoms with E-state index in [4.69, 9.17) is 15.0 Å². The number of hydrogen-bond donors (Lipinski definition) is 2. The molecular weight excluding hydrogens is 184 g/mol. The van der Waals surface area contributed by atoms with E-state index in [1.165, 1.54) is 18.7 Å². The summed E-state index contributed by atoms with van der Waals surface area (Å²) in [6.07, 6.45) is 0.429. The first kappa shape index (κ1) is 15.2. The van der Waals surface area contributed by atoms with Crippen LogP contribution in [-0.2, 0) is 0 Å². The van der Waals surface area contributed by atoms with Crippen molar-refractivity contribution in [3.8, 4) is 0 Å². The van der Waals surface area contributed by atoms with Crippen LogP contribution >= 0.6 is 0 Å². The van der Waals surface area contributed by atoms with Gasteiger partial charge < -0.3 is 15.0 Å². The maximum Gasteiger partial charge on any atom is 0.249 e. The molecule has 84 valence electrons. The Morgan fingerprint density at radius 1 is 1.50 bits per heavy atom. The number of amidine groups is 1. The lowest BCUT2D eigenvalue weighted by molar-refractivity contribution is -0.467. The number of carboxylic acid groups (broad SMARTS) is 2. The van der Waals surface area contributed by atoms with Crippen molar-refractivity contribution in [1.29, 1.82) is 0 Å². The van der Waals surface area contributed by atoms with Crippen LogP contribution < -0.4 is 10.4 Å². The van der Waals surface area contributed by atoms with Crippen molar-refractivity contribution in [3.63, 3.8) is 0 Å². The van der Waals surface area contributed by atoms with Gasteiger partial charge in [0.1, 0.15) is 0 Å². The van der Waals surface area contributed by atoms with Crippen LogP contribution in [0, 0.1) is 0 Å². The fourth-order valence-electron chi connectivity index (χ4n) is 0.604. The molecule has 0 saturated heterocycles. The lowest BCUT2D eigenvalue weighted by Gasteiger charge is -1.99. The second kappa shape index (κ2) is 9.83. The Bertz CT molecular complexity index is 182. The normalized spacial score (nSPS) is 8.29. The molecule has 0 radical (unpaired) electrons. The van der Waals surface area contributed by atoms with E-state index in [9.17, 15) is 0 Å². The minimum absolute atomic E-state index is 1.10. The van der Waals surface area contributed by atoms with Gasteiger partial charge in [0.2, 0.25) is 12.0 Å². The molecule has 0 aromatic carbocycles. The Morgan fingerprint density at radius 2 is 1.93 bits per heavy atom. The van der Waals surface area contributed by atoms with Crippen LogP contribution in [0.4, 0.5) is 4.79 Å². The molecule has 0 saturated carbocycles. The highest BCUT2D eigenvalue weighted by molar-refractivity contribution is 5.74. The van der Waals surface area contributed by atoms with Crippen LogP contribution in [0.25, 0.3) is 0 Å². The van der Waals surface area contributed by atoms with Gasteiger partial charge in [0.15, 0.2) is 0 Å². The van der Waals surface area contributed by atoms with Crippen LogP contribution in [0.2, 0.25) is 0 Å². The SMILES string of the molecule is CCCCNC(C)=[N+](C)C.O=C([O-])O. The van der Waals surface area contributed by atoms with Crippen LogP contribution in [0.3, 0.4) is 0 Å². The number of hydrogen-bond acceptors (Lipinski definition) is 2. The van der Waals surface area contributed by atoms with E-state index in [-0.39, 0.29) is 0 Å². The molecule has 0 unspecified atom stereocenters. The molecule has 0 bridgehead atoms. The second-order valence-electron chi connectivity index (χ2n) is 3.03. The number of nitrogens with zero attached hydrogens (tertiary/aromatic N) is 1. The van der Waals surface area contributed by atoms with E-state index in [1.807, 2.05) is 14.1 Å². The first-order valence-electron chi connectivity index (χ1n) is 4.56. The van der Waals surface area contributed by atoms with Crippen molar-refractivity contribution in [1.82, 2.24) is 5.32 Å². The van der Waals surface area contributed by atoms with Crippen molar-refractivity contribution in [2.24, 2.45) is 0 Å². The van der Waals surface area contributed by atoms with E-state index in [1.54, 1.807) is 0 Å². The van der Waals surface area contributed by atoms with Gasteiger partial charge in [-0.3, -0.25) is 9.89 Å². The summed E-state index contributed by atoms with van der Waals surface area (Å²) in [6.45, 7) is 5.39. The average molecular weight is 204 g/mol. The van der Waals surface area contributed by atoms with Gasteiger partial charge in [-0.1, -0.05) is 13.3 Å². The van der Waals surface area contributed by atoms with E-state index >= 15 is 0 Å². The summed E-state index contributed by atoms with van der Waals surface area (Å²) in [6, 6.07) is 0. The van der Waals surface area contributed by atoms with Gasteiger partial charge in [-0.05, 0) is 6.42 Å². The van der Waals surface area contributed by atoms with Crippen LogP contribution in [-0.4, -0.2) is 42.3 Å². The van der Waals surface area contributed by atoms with Gasteiger partial charge in [0, 0.05) is 6.92 Å². The van der Waals surface area contributed by atoms with Gasteiger partial charge in [-0.2, -0.15) is 0 Å². The molecular formula is C9H20N2O3. The lowest BCUT2D eigenvalue weighted by Crippen LogP contribution is -2.28. The molecule has 0 rings (SSSR count). The maximum absolute atomic E-state index is 8.44. The third-order valence-corrected chi connectivity index (χ3v) is 1.58. The predicted octanol–water partition coefficient (Wildman–Crippen LogP) is -0.0457. The number of unbranched alkanes of at least 4 members (excludes halogenated alkanes) is 1. The van der Waals surface area contributed by atoms with E-state index in [2.05, 4.69) is 23.7 Å². The van der Waals surface area contributed by atoms with Crippen molar-refractivity contribution in [2.75, 3.05) is 20.6 Å². The minimum atomic E-state index is -2.08. The molecule has 0 spiro atoms. The smallest absolute Gasteiger partial charge is 0.249 e. The molecule has 0 atom stereocenters. The molecule has 0 aliphatic rings.